The molecule has 1 aromatic heterocycles. The molecule has 0 saturated heterocycles. The molecular formula is C13H21N5S. The molecule has 0 unspecified atom stereocenters. The van der Waals surface area contributed by atoms with Crippen LogP contribution in [0.1, 0.15) is 31.7 Å². The van der Waals surface area contributed by atoms with Gasteiger partial charge in [0.25, 0.3) is 0 Å². The third kappa shape index (κ3) is 5.65. The molecule has 0 atom stereocenters. The topological polar surface area (TPSA) is 78.0 Å². The lowest BCUT2D eigenvalue weighted by Gasteiger charge is -2.24. The van der Waals surface area contributed by atoms with E-state index in [2.05, 4.69) is 17.2 Å². The van der Waals surface area contributed by atoms with Crippen LogP contribution in [0.3, 0.4) is 0 Å². The van der Waals surface area contributed by atoms with Crippen LogP contribution in [-0.2, 0) is 6.54 Å². The number of hydrogen-bond donors (Lipinski definition) is 3. The Labute approximate surface area is 119 Å². The summed E-state index contributed by atoms with van der Waals surface area (Å²) in [5.74, 6) is -0.0511. The Morgan fingerprint density at radius 2 is 2.11 bits per heavy atom. The fourth-order valence-corrected chi connectivity index (χ4v) is 1.87. The van der Waals surface area contributed by atoms with Crippen molar-refractivity contribution in [1.29, 1.82) is 5.41 Å². The summed E-state index contributed by atoms with van der Waals surface area (Å²) >= 11 is 5.28. The highest BCUT2D eigenvalue weighted by Crippen LogP contribution is 2.03. The Hall–Kier alpha value is -1.69. The van der Waals surface area contributed by atoms with Gasteiger partial charge >= 0.3 is 0 Å². The molecule has 0 radical (unpaired) electrons. The second-order valence-electron chi connectivity index (χ2n) is 4.27. The lowest BCUT2D eigenvalue weighted by Crippen LogP contribution is -2.46. The summed E-state index contributed by atoms with van der Waals surface area (Å²) in [6.45, 7) is 3.45. The van der Waals surface area contributed by atoms with Gasteiger partial charge in [0.1, 0.15) is 0 Å². The van der Waals surface area contributed by atoms with Crippen LogP contribution in [0.15, 0.2) is 24.5 Å². The Balaban J connectivity index is 2.52. The van der Waals surface area contributed by atoms with E-state index in [1.807, 2.05) is 12.1 Å². The Kier molecular flexibility index (Phi) is 6.81. The van der Waals surface area contributed by atoms with Crippen molar-refractivity contribution in [3.63, 3.8) is 0 Å². The minimum absolute atomic E-state index is 0.0511. The van der Waals surface area contributed by atoms with E-state index in [1.165, 1.54) is 12.8 Å². The molecule has 0 saturated carbocycles. The van der Waals surface area contributed by atoms with Gasteiger partial charge in [-0.1, -0.05) is 19.8 Å². The van der Waals surface area contributed by atoms with Crippen LogP contribution in [0.5, 0.6) is 0 Å². The second-order valence-corrected chi connectivity index (χ2v) is 4.65. The summed E-state index contributed by atoms with van der Waals surface area (Å²) in [7, 11) is 0. The molecule has 0 spiro atoms. The van der Waals surface area contributed by atoms with E-state index in [0.717, 1.165) is 18.5 Å². The molecule has 104 valence electrons. The first kappa shape index (κ1) is 15.4. The van der Waals surface area contributed by atoms with Gasteiger partial charge in [0, 0.05) is 18.9 Å². The van der Waals surface area contributed by atoms with Crippen LogP contribution in [0.25, 0.3) is 0 Å². The molecule has 1 heterocycles. The number of nitrogens with one attached hydrogen (secondary N) is 2. The van der Waals surface area contributed by atoms with Crippen molar-refractivity contribution in [1.82, 2.24) is 15.2 Å². The first-order valence-corrected chi connectivity index (χ1v) is 6.84. The molecule has 0 bridgehead atoms. The molecule has 1 rings (SSSR count). The molecule has 0 aliphatic rings. The minimum Gasteiger partial charge on any atom is -0.370 e. The molecular weight excluding hydrogens is 258 g/mol. The molecule has 0 amide bonds. The standard InChI is InChI=1S/C13H21N5S/c1-2-3-4-7-17-13(19)18(12(14)15)10-11-5-8-16-9-6-11/h5-6,8-9H,2-4,7,10H2,1H3,(H3,14,15)(H,17,19). The van der Waals surface area contributed by atoms with Gasteiger partial charge in [-0.25, -0.2) is 0 Å². The molecule has 0 fully saturated rings. The lowest BCUT2D eigenvalue weighted by molar-refractivity contribution is 0.568. The van der Waals surface area contributed by atoms with Gasteiger partial charge in [-0.3, -0.25) is 15.3 Å². The van der Waals surface area contributed by atoms with Crippen LogP contribution in [0.4, 0.5) is 0 Å². The molecule has 6 heteroatoms. The van der Waals surface area contributed by atoms with E-state index in [-0.39, 0.29) is 5.96 Å². The number of nitrogens with zero attached hydrogens (tertiary/aromatic N) is 2. The van der Waals surface area contributed by atoms with Crippen LogP contribution >= 0.6 is 12.2 Å². The number of unbranched alkanes of at least 4 members (excludes halogenated alkanes) is 2. The summed E-state index contributed by atoms with van der Waals surface area (Å²) in [5.41, 5.74) is 6.60. The van der Waals surface area contributed by atoms with E-state index in [4.69, 9.17) is 23.4 Å². The zero-order valence-corrected chi connectivity index (χ0v) is 12.0. The minimum atomic E-state index is -0.0511. The predicted molar refractivity (Wildman–Crippen MR) is 81.8 cm³/mol. The van der Waals surface area contributed by atoms with Crippen molar-refractivity contribution in [2.24, 2.45) is 5.73 Å². The number of nitrogens with two attached hydrogens (primary N) is 1. The highest BCUT2D eigenvalue weighted by molar-refractivity contribution is 7.80. The fourth-order valence-electron chi connectivity index (χ4n) is 1.60. The fraction of sp³-hybridized carbons (Fsp3) is 0.462. The second kappa shape index (κ2) is 8.42. The van der Waals surface area contributed by atoms with Gasteiger partial charge in [0.15, 0.2) is 11.1 Å². The first-order valence-electron chi connectivity index (χ1n) is 6.43. The molecule has 0 aromatic carbocycles. The number of guanidine groups is 1. The molecule has 19 heavy (non-hydrogen) atoms. The van der Waals surface area contributed by atoms with Gasteiger partial charge in [-0.15, -0.1) is 0 Å². The zero-order valence-electron chi connectivity index (χ0n) is 11.2. The molecule has 1 aromatic rings. The summed E-state index contributed by atoms with van der Waals surface area (Å²) in [6, 6.07) is 3.77. The average molecular weight is 279 g/mol. The molecule has 0 aliphatic carbocycles. The van der Waals surface area contributed by atoms with E-state index in [1.54, 1.807) is 17.3 Å². The average Bonchev–Trinajstić information content (AvgIpc) is 2.41. The monoisotopic (exact) mass is 279 g/mol. The van der Waals surface area contributed by atoms with Crippen molar-refractivity contribution >= 4 is 23.3 Å². The quantitative estimate of drug-likeness (QED) is 0.320. The van der Waals surface area contributed by atoms with Crippen molar-refractivity contribution in [2.75, 3.05) is 6.54 Å². The van der Waals surface area contributed by atoms with E-state index >= 15 is 0 Å². The summed E-state index contributed by atoms with van der Waals surface area (Å²) in [6.07, 6.45) is 6.83. The van der Waals surface area contributed by atoms with Gasteiger partial charge < -0.3 is 11.1 Å². The highest BCUT2D eigenvalue weighted by Gasteiger charge is 2.12. The Morgan fingerprint density at radius 1 is 1.42 bits per heavy atom. The van der Waals surface area contributed by atoms with Crippen molar-refractivity contribution < 1.29 is 0 Å². The molecule has 5 nitrogen and oxygen atoms in total. The van der Waals surface area contributed by atoms with Gasteiger partial charge in [-0.2, -0.15) is 0 Å². The largest absolute Gasteiger partial charge is 0.370 e. The van der Waals surface area contributed by atoms with Crippen LogP contribution < -0.4 is 11.1 Å². The molecule has 0 aliphatic heterocycles. The maximum atomic E-state index is 7.61. The maximum absolute atomic E-state index is 7.61. The number of pyridine rings is 1. The van der Waals surface area contributed by atoms with E-state index < -0.39 is 0 Å². The predicted octanol–water partition coefficient (Wildman–Crippen LogP) is 1.84. The number of aromatic nitrogens is 1. The summed E-state index contributed by atoms with van der Waals surface area (Å²) < 4.78 is 0. The first-order chi connectivity index (χ1) is 9.15. The Morgan fingerprint density at radius 3 is 2.68 bits per heavy atom. The third-order valence-electron chi connectivity index (χ3n) is 2.68. The van der Waals surface area contributed by atoms with Crippen molar-refractivity contribution in [2.45, 2.75) is 32.7 Å². The zero-order chi connectivity index (χ0) is 14.1. The number of thiocarbonyl (C=S) groups is 1. The van der Waals surface area contributed by atoms with Gasteiger partial charge in [0.2, 0.25) is 0 Å². The molecule has 4 N–H and O–H groups in total. The van der Waals surface area contributed by atoms with Crippen molar-refractivity contribution in [3.05, 3.63) is 30.1 Å². The van der Waals surface area contributed by atoms with E-state index in [0.29, 0.717) is 11.7 Å². The number of rotatable bonds is 6. The van der Waals surface area contributed by atoms with Gasteiger partial charge in [0.05, 0.1) is 6.54 Å². The highest BCUT2D eigenvalue weighted by atomic mass is 32.1. The third-order valence-corrected chi connectivity index (χ3v) is 3.05. The summed E-state index contributed by atoms with van der Waals surface area (Å²) in [4.78, 5) is 5.54. The maximum Gasteiger partial charge on any atom is 0.195 e. The number of hydrogen-bond acceptors (Lipinski definition) is 3. The smallest absolute Gasteiger partial charge is 0.195 e. The Bertz CT molecular complexity index is 407. The van der Waals surface area contributed by atoms with Crippen LogP contribution in [-0.4, -0.2) is 27.5 Å². The lowest BCUT2D eigenvalue weighted by atomic mass is 10.2. The van der Waals surface area contributed by atoms with E-state index in [9.17, 15) is 0 Å². The SMILES string of the molecule is CCCCCNC(=S)N(Cc1ccncc1)C(=N)N. The van der Waals surface area contributed by atoms with Crippen LogP contribution in [0, 0.1) is 5.41 Å². The summed E-state index contributed by atoms with van der Waals surface area (Å²) in [5, 5.41) is 11.2. The van der Waals surface area contributed by atoms with Crippen LogP contribution in [0.2, 0.25) is 0 Å². The normalized spacial score (nSPS) is 9.95. The van der Waals surface area contributed by atoms with Crippen molar-refractivity contribution in [3.8, 4) is 0 Å². The van der Waals surface area contributed by atoms with Gasteiger partial charge in [-0.05, 0) is 36.3 Å².